The van der Waals surface area contributed by atoms with Crippen molar-refractivity contribution < 1.29 is 14.6 Å². The van der Waals surface area contributed by atoms with E-state index in [1.165, 1.54) is 12.7 Å². The van der Waals surface area contributed by atoms with Gasteiger partial charge in [-0.15, -0.1) is 0 Å². The van der Waals surface area contributed by atoms with E-state index < -0.39 is 13.5 Å². The van der Waals surface area contributed by atoms with Crippen LogP contribution in [0.15, 0.2) is 11.4 Å². The Bertz CT molecular complexity index is 203. The van der Waals surface area contributed by atoms with E-state index in [4.69, 9.17) is 10.00 Å². The number of aliphatic hydroxyl groups excluding tert-OH is 1. The maximum atomic E-state index is 10.9. The van der Waals surface area contributed by atoms with Gasteiger partial charge in [-0.1, -0.05) is 0 Å². The van der Waals surface area contributed by atoms with Crippen LogP contribution in [0.1, 0.15) is 12.8 Å². The van der Waals surface area contributed by atoms with Gasteiger partial charge in [0.25, 0.3) is 0 Å². The molecule has 10 heavy (non-hydrogen) atoms. The highest BCUT2D eigenvalue weighted by Gasteiger charge is 2.23. The number of allylic oxidation sites excluding steroid dienone is 1. The Morgan fingerprint density at radius 3 is 2.60 bits per heavy atom. The van der Waals surface area contributed by atoms with Gasteiger partial charge in [-0.2, -0.15) is 0 Å². The molecule has 0 aromatic carbocycles. The zero-order valence-electron chi connectivity index (χ0n) is 5.82. The first-order chi connectivity index (χ1) is 4.50. The molecule has 0 radical (unpaired) electrons. The molecule has 1 rings (SSSR count). The van der Waals surface area contributed by atoms with Crippen molar-refractivity contribution in [1.29, 1.82) is 0 Å². The second-order valence-electron chi connectivity index (χ2n) is 2.64. The molecule has 3 nitrogen and oxygen atoms in total. The fourth-order valence-electron chi connectivity index (χ4n) is 1.03. The number of hydrogen-bond donors (Lipinski definition) is 2. The molecule has 1 aliphatic carbocycles. The molecule has 2 atom stereocenters. The maximum Gasteiger partial charge on any atom is 0.222 e. The van der Waals surface area contributed by atoms with Gasteiger partial charge in [0, 0.05) is 12.0 Å². The van der Waals surface area contributed by atoms with Crippen LogP contribution >= 0.6 is 7.37 Å². The van der Waals surface area contributed by atoms with Gasteiger partial charge in [0.15, 0.2) is 0 Å². The van der Waals surface area contributed by atoms with Crippen molar-refractivity contribution in [2.45, 2.75) is 18.9 Å². The molecule has 58 valence electrons. The Labute approximate surface area is 59.8 Å². The van der Waals surface area contributed by atoms with Crippen molar-refractivity contribution in [3.8, 4) is 0 Å². The average molecular weight is 162 g/mol. The Morgan fingerprint density at radius 1 is 1.80 bits per heavy atom. The first-order valence-corrected chi connectivity index (χ1v) is 5.30. The van der Waals surface area contributed by atoms with Gasteiger partial charge in [0.05, 0.1) is 6.10 Å². The molecule has 0 aromatic rings. The van der Waals surface area contributed by atoms with Crippen molar-refractivity contribution in [2.24, 2.45) is 0 Å². The molecule has 0 saturated carbocycles. The van der Waals surface area contributed by atoms with E-state index >= 15 is 0 Å². The topological polar surface area (TPSA) is 57.5 Å². The zero-order valence-corrected chi connectivity index (χ0v) is 6.71. The number of hydrogen-bond acceptors (Lipinski definition) is 2. The third-order valence-electron chi connectivity index (χ3n) is 1.61. The van der Waals surface area contributed by atoms with Crippen LogP contribution in [0.25, 0.3) is 0 Å². The van der Waals surface area contributed by atoms with Gasteiger partial charge >= 0.3 is 0 Å². The molecule has 0 aromatic heterocycles. The monoisotopic (exact) mass is 162 g/mol. The quantitative estimate of drug-likeness (QED) is 0.564. The van der Waals surface area contributed by atoms with Crippen molar-refractivity contribution in [2.75, 3.05) is 6.66 Å². The highest BCUT2D eigenvalue weighted by molar-refractivity contribution is 7.61. The summed E-state index contributed by atoms with van der Waals surface area (Å²) in [6, 6.07) is 0. The highest BCUT2D eigenvalue weighted by Crippen LogP contribution is 2.50. The number of rotatable bonds is 1. The molecular formula is C6H11O3P. The number of aliphatic hydroxyl groups is 1. The SMILES string of the molecule is CP(=O)(O)C1=CC(O)CC1. The normalized spacial score (nSPS) is 31.5. The third-order valence-corrected chi connectivity index (χ3v) is 3.05. The molecule has 0 spiro atoms. The molecule has 0 fully saturated rings. The second-order valence-corrected chi connectivity index (χ2v) is 4.98. The first kappa shape index (κ1) is 7.99. The summed E-state index contributed by atoms with van der Waals surface area (Å²) in [6.07, 6.45) is 2.13. The Kier molecular flexibility index (Phi) is 1.99. The summed E-state index contributed by atoms with van der Waals surface area (Å²) in [6.45, 7) is 1.30. The minimum absolute atomic E-state index is 0.504. The van der Waals surface area contributed by atoms with Gasteiger partial charge < -0.3 is 10.00 Å². The molecule has 2 N–H and O–H groups in total. The Balaban J connectivity index is 2.77. The predicted molar refractivity (Wildman–Crippen MR) is 39.1 cm³/mol. The van der Waals surface area contributed by atoms with Crippen LogP contribution in [0, 0.1) is 0 Å². The summed E-state index contributed by atoms with van der Waals surface area (Å²) < 4.78 is 10.9. The average Bonchev–Trinajstić information content (AvgIpc) is 2.11. The second kappa shape index (κ2) is 2.50. The van der Waals surface area contributed by atoms with Crippen LogP contribution in [-0.2, 0) is 4.57 Å². The lowest BCUT2D eigenvalue weighted by Gasteiger charge is -2.03. The lowest BCUT2D eigenvalue weighted by molar-refractivity contribution is 0.223. The van der Waals surface area contributed by atoms with E-state index in [-0.39, 0.29) is 0 Å². The van der Waals surface area contributed by atoms with E-state index in [1.54, 1.807) is 0 Å². The minimum atomic E-state index is -3.05. The zero-order chi connectivity index (χ0) is 7.78. The molecule has 0 aliphatic heterocycles. The van der Waals surface area contributed by atoms with Crippen LogP contribution in [0.4, 0.5) is 0 Å². The van der Waals surface area contributed by atoms with Crippen LogP contribution in [0.2, 0.25) is 0 Å². The molecule has 2 unspecified atom stereocenters. The van der Waals surface area contributed by atoms with Crippen molar-refractivity contribution >= 4 is 7.37 Å². The maximum absolute atomic E-state index is 10.9. The smallest absolute Gasteiger partial charge is 0.222 e. The molecule has 0 saturated heterocycles. The molecule has 4 heteroatoms. The fraction of sp³-hybridized carbons (Fsp3) is 0.667. The van der Waals surface area contributed by atoms with E-state index in [0.29, 0.717) is 18.2 Å². The molecule has 1 aliphatic rings. The van der Waals surface area contributed by atoms with Gasteiger partial charge in [-0.05, 0) is 18.9 Å². The van der Waals surface area contributed by atoms with Gasteiger partial charge in [0.1, 0.15) is 0 Å². The summed E-state index contributed by atoms with van der Waals surface area (Å²) >= 11 is 0. The summed E-state index contributed by atoms with van der Waals surface area (Å²) in [5.41, 5.74) is 0. The van der Waals surface area contributed by atoms with Crippen LogP contribution in [0.3, 0.4) is 0 Å². The lowest BCUT2D eigenvalue weighted by atomic mass is 10.3. The fourth-order valence-corrected chi connectivity index (χ4v) is 2.02. The summed E-state index contributed by atoms with van der Waals surface area (Å²) in [5, 5.41) is 9.47. The highest BCUT2D eigenvalue weighted by atomic mass is 31.2. The van der Waals surface area contributed by atoms with Gasteiger partial charge in [0.2, 0.25) is 7.37 Å². The van der Waals surface area contributed by atoms with E-state index in [2.05, 4.69) is 0 Å². The third kappa shape index (κ3) is 1.69. The first-order valence-electron chi connectivity index (χ1n) is 3.20. The van der Waals surface area contributed by atoms with E-state index in [9.17, 15) is 4.57 Å². The van der Waals surface area contributed by atoms with Crippen molar-refractivity contribution in [3.63, 3.8) is 0 Å². The lowest BCUT2D eigenvalue weighted by Crippen LogP contribution is -1.93. The van der Waals surface area contributed by atoms with Gasteiger partial charge in [-0.3, -0.25) is 4.57 Å². The molecule has 0 bridgehead atoms. The van der Waals surface area contributed by atoms with Crippen LogP contribution < -0.4 is 0 Å². The molecular weight excluding hydrogens is 151 g/mol. The largest absolute Gasteiger partial charge is 0.389 e. The van der Waals surface area contributed by atoms with E-state index in [1.807, 2.05) is 0 Å². The summed E-state index contributed by atoms with van der Waals surface area (Å²) in [4.78, 5) is 9.01. The minimum Gasteiger partial charge on any atom is -0.389 e. The van der Waals surface area contributed by atoms with Crippen LogP contribution in [-0.4, -0.2) is 22.8 Å². The summed E-state index contributed by atoms with van der Waals surface area (Å²) in [5.74, 6) is 0. The predicted octanol–water partition coefficient (Wildman–Crippen LogP) is 0.925. The molecule has 0 heterocycles. The van der Waals surface area contributed by atoms with Crippen LogP contribution in [0.5, 0.6) is 0 Å². The molecule has 0 amide bonds. The van der Waals surface area contributed by atoms with Crippen molar-refractivity contribution in [1.82, 2.24) is 0 Å². The standard InChI is InChI=1S/C6H11O3P/c1-10(8,9)6-3-2-5(7)4-6/h4-5,7H,2-3H2,1H3,(H,8,9). The van der Waals surface area contributed by atoms with Crippen molar-refractivity contribution in [3.05, 3.63) is 11.4 Å². The Hall–Kier alpha value is -0.110. The Morgan fingerprint density at radius 2 is 2.40 bits per heavy atom. The van der Waals surface area contributed by atoms with Gasteiger partial charge in [-0.25, -0.2) is 0 Å². The van der Waals surface area contributed by atoms with E-state index in [0.717, 1.165) is 0 Å². The summed E-state index contributed by atoms with van der Waals surface area (Å²) in [7, 11) is -3.05.